The van der Waals surface area contributed by atoms with E-state index >= 15 is 0 Å². The number of carboxylic acid groups (broad SMARTS) is 1. The summed E-state index contributed by atoms with van der Waals surface area (Å²) >= 11 is 14.4. The predicted octanol–water partition coefficient (Wildman–Crippen LogP) is 10.3. The van der Waals surface area contributed by atoms with Crippen molar-refractivity contribution >= 4 is 98.9 Å². The van der Waals surface area contributed by atoms with Crippen LogP contribution in [0.2, 0.25) is 10.0 Å². The van der Waals surface area contributed by atoms with Gasteiger partial charge in [-0.1, -0.05) is 91.9 Å². The SMILES string of the molecule is C.C.CC(=O)O.CCS(=O)(=O)c1nc2ncn(-c3c(C)cccc3Cl)c(=O)c2s1.Cc1cccc(Cl)c1-n1cnc2nc(Nc3ccc(F)c(F)c3)sc2c1=O.Nc1ccc(F)c(F)c1. The highest BCUT2D eigenvalue weighted by molar-refractivity contribution is 7.93. The molecule has 0 fully saturated rings. The summed E-state index contributed by atoms with van der Waals surface area (Å²) in [6.45, 7) is 6.29. The number of thiazole rings is 2. The van der Waals surface area contributed by atoms with Crippen LogP contribution in [0.15, 0.2) is 99.4 Å². The Kier molecular flexibility index (Phi) is 18.4. The number of rotatable bonds is 6. The summed E-state index contributed by atoms with van der Waals surface area (Å²) in [5.41, 5.74) is 8.09. The molecule has 0 saturated carbocycles. The molecule has 0 saturated heterocycles. The van der Waals surface area contributed by atoms with Gasteiger partial charge in [-0.3, -0.25) is 23.5 Å². The number of sulfone groups is 1. The van der Waals surface area contributed by atoms with Gasteiger partial charge in [-0.25, -0.2) is 40.9 Å². The van der Waals surface area contributed by atoms with E-state index in [9.17, 15) is 35.6 Å². The monoisotopic (exact) mass is 994 g/mol. The van der Waals surface area contributed by atoms with E-state index in [1.807, 2.05) is 26.0 Å². The molecule has 0 aliphatic rings. The zero-order valence-corrected chi connectivity index (χ0v) is 37.0. The minimum Gasteiger partial charge on any atom is -0.481 e. The fourth-order valence-electron chi connectivity index (χ4n) is 5.30. The Morgan fingerprint density at radius 2 is 1.22 bits per heavy atom. The molecule has 14 nitrogen and oxygen atoms in total. The molecular formula is C42H40Cl2F4N8O6S3. The Morgan fingerprint density at radius 1 is 0.754 bits per heavy atom. The van der Waals surface area contributed by atoms with Crippen molar-refractivity contribution in [2.45, 2.75) is 46.9 Å². The van der Waals surface area contributed by atoms with Gasteiger partial charge in [0, 0.05) is 24.4 Å². The summed E-state index contributed by atoms with van der Waals surface area (Å²) in [5, 5.41) is 11.5. The number of carboxylic acids is 1. The van der Waals surface area contributed by atoms with Crippen molar-refractivity contribution in [2.24, 2.45) is 0 Å². The van der Waals surface area contributed by atoms with E-state index in [1.165, 1.54) is 40.8 Å². The number of nitrogens with one attached hydrogen (secondary N) is 1. The number of fused-ring (bicyclic) bond motifs is 2. The molecule has 0 spiro atoms. The smallest absolute Gasteiger partial charge is 0.300 e. The standard InChI is InChI=1S/C18H11ClF2N4OS.C14H12ClN3O3S2.C6H5F2N.C2H4O2.2CH4/c1-9-3-2-4-11(19)14(9)25-8-22-16-15(17(25)26)27-18(24-16)23-10-5-6-12(20)13(21)7-10;1-3-23(20,21)14-17-12-11(22-14)13(19)18(7-16-12)10-8(2)5-4-6-9(10)15;7-5-2-1-4(9)3-6(5)8;1-2(3)4;;/h2-8H,1H3,(H,23,24);4-7H,3H2,1-2H3;1-3H,9H2;1H3,(H,3,4);2*1H4. The number of anilines is 3. The number of nitrogens with zero attached hydrogens (tertiary/aromatic N) is 6. The van der Waals surface area contributed by atoms with Gasteiger partial charge in [-0.2, -0.15) is 4.98 Å². The van der Waals surface area contributed by atoms with Crippen LogP contribution in [0.5, 0.6) is 0 Å². The van der Waals surface area contributed by atoms with Gasteiger partial charge >= 0.3 is 0 Å². The molecule has 0 radical (unpaired) electrons. The number of aliphatic carboxylic acids is 1. The summed E-state index contributed by atoms with van der Waals surface area (Å²) < 4.78 is 77.6. The molecule has 4 aromatic carbocycles. The van der Waals surface area contributed by atoms with E-state index in [0.29, 0.717) is 36.9 Å². The third kappa shape index (κ3) is 12.7. The Hall–Kier alpha value is -6.26. The van der Waals surface area contributed by atoms with Crippen LogP contribution in [0, 0.1) is 37.1 Å². The van der Waals surface area contributed by atoms with Gasteiger partial charge in [0.25, 0.3) is 17.1 Å². The lowest BCUT2D eigenvalue weighted by atomic mass is 10.2. The van der Waals surface area contributed by atoms with Crippen molar-refractivity contribution in [3.05, 3.63) is 151 Å². The normalized spacial score (nSPS) is 10.6. The van der Waals surface area contributed by atoms with Crippen molar-refractivity contribution in [3.63, 3.8) is 0 Å². The fourth-order valence-corrected chi connectivity index (χ4v) is 9.06. The van der Waals surface area contributed by atoms with E-state index in [2.05, 4.69) is 25.3 Å². The third-order valence-corrected chi connectivity index (χ3v) is 13.0. The number of para-hydroxylation sites is 2. The van der Waals surface area contributed by atoms with Crippen LogP contribution in [0.25, 0.3) is 32.1 Å². The molecule has 4 N–H and O–H groups in total. The molecule has 8 rings (SSSR count). The van der Waals surface area contributed by atoms with Gasteiger partial charge in [0.05, 0.1) is 27.2 Å². The number of carbonyl (C=O) groups is 1. The topological polar surface area (TPSA) is 205 Å². The van der Waals surface area contributed by atoms with Gasteiger partial charge in [-0.15, -0.1) is 0 Å². The Morgan fingerprint density at radius 3 is 1.66 bits per heavy atom. The number of benzene rings is 4. The van der Waals surface area contributed by atoms with Gasteiger partial charge < -0.3 is 16.2 Å². The average Bonchev–Trinajstić information content (AvgIpc) is 3.86. The summed E-state index contributed by atoms with van der Waals surface area (Å²) in [6.07, 6.45) is 2.70. The molecular weight excluding hydrogens is 956 g/mol. The molecule has 0 atom stereocenters. The fraction of sp³-hybridized carbons (Fsp3) is 0.167. The number of aryl methyl sites for hydroxylation is 2. The average molecular weight is 996 g/mol. The lowest BCUT2D eigenvalue weighted by Gasteiger charge is -2.10. The van der Waals surface area contributed by atoms with Crippen molar-refractivity contribution < 1.29 is 35.9 Å². The van der Waals surface area contributed by atoms with Gasteiger partial charge in [0.15, 0.2) is 39.7 Å². The van der Waals surface area contributed by atoms with Crippen LogP contribution in [-0.2, 0) is 14.6 Å². The summed E-state index contributed by atoms with van der Waals surface area (Å²) in [4.78, 5) is 51.1. The lowest BCUT2D eigenvalue weighted by Crippen LogP contribution is -2.19. The van der Waals surface area contributed by atoms with E-state index in [1.54, 1.807) is 24.3 Å². The minimum atomic E-state index is -3.48. The predicted molar refractivity (Wildman–Crippen MR) is 250 cm³/mol. The van der Waals surface area contributed by atoms with Crippen LogP contribution in [0.1, 0.15) is 39.8 Å². The number of nitrogens with two attached hydrogens (primary N) is 1. The van der Waals surface area contributed by atoms with Crippen LogP contribution < -0.4 is 22.2 Å². The first kappa shape index (κ1) is 53.1. The highest BCUT2D eigenvalue weighted by atomic mass is 35.5. The molecule has 0 aliphatic carbocycles. The Balaban J connectivity index is 0.000000267. The highest BCUT2D eigenvalue weighted by Crippen LogP contribution is 2.29. The molecule has 65 heavy (non-hydrogen) atoms. The maximum Gasteiger partial charge on any atom is 0.300 e. The second kappa shape index (κ2) is 22.6. The van der Waals surface area contributed by atoms with Crippen molar-refractivity contribution in [2.75, 3.05) is 16.8 Å². The molecule has 4 aromatic heterocycles. The van der Waals surface area contributed by atoms with E-state index in [0.717, 1.165) is 65.0 Å². The molecule has 0 bridgehead atoms. The molecule has 344 valence electrons. The Labute approximate surface area is 387 Å². The van der Waals surface area contributed by atoms with Gasteiger partial charge in [0.2, 0.25) is 14.2 Å². The lowest BCUT2D eigenvalue weighted by molar-refractivity contribution is -0.134. The first-order valence-corrected chi connectivity index (χ1v) is 21.9. The van der Waals surface area contributed by atoms with Crippen LogP contribution >= 0.6 is 45.9 Å². The zero-order chi connectivity index (χ0) is 46.3. The van der Waals surface area contributed by atoms with Crippen LogP contribution in [0.3, 0.4) is 0 Å². The second-order valence-electron chi connectivity index (χ2n) is 12.8. The quantitative estimate of drug-likeness (QED) is 0.105. The second-order valence-corrected chi connectivity index (χ2v) is 18.1. The van der Waals surface area contributed by atoms with Gasteiger partial charge in [-0.05, 0) is 67.4 Å². The van der Waals surface area contributed by atoms with Crippen molar-refractivity contribution in [1.82, 2.24) is 29.1 Å². The summed E-state index contributed by atoms with van der Waals surface area (Å²) in [6, 6.07) is 17.3. The van der Waals surface area contributed by atoms with E-state index in [4.69, 9.17) is 38.8 Å². The molecule has 0 amide bonds. The number of hydrogen-bond acceptors (Lipinski definition) is 13. The third-order valence-electron chi connectivity index (χ3n) is 8.24. The van der Waals surface area contributed by atoms with Gasteiger partial charge in [0.1, 0.15) is 22.1 Å². The first-order valence-electron chi connectivity index (χ1n) is 17.8. The van der Waals surface area contributed by atoms with Crippen molar-refractivity contribution in [3.8, 4) is 11.4 Å². The molecule has 23 heteroatoms. The highest BCUT2D eigenvalue weighted by Gasteiger charge is 2.21. The number of halogens is 6. The van der Waals surface area contributed by atoms with Crippen LogP contribution in [0.4, 0.5) is 34.1 Å². The maximum atomic E-state index is 13.4. The minimum absolute atomic E-state index is 0. The molecule has 0 unspecified atom stereocenters. The number of aromatic nitrogens is 6. The first-order chi connectivity index (χ1) is 29.7. The van der Waals surface area contributed by atoms with Crippen LogP contribution in [-0.4, -0.2) is 54.3 Å². The summed E-state index contributed by atoms with van der Waals surface area (Å²) in [5.74, 6) is -4.61. The maximum absolute atomic E-state index is 13.4. The van der Waals surface area contributed by atoms with Crippen molar-refractivity contribution in [1.29, 1.82) is 0 Å². The molecule has 4 heterocycles. The zero-order valence-electron chi connectivity index (χ0n) is 33.0. The summed E-state index contributed by atoms with van der Waals surface area (Å²) in [7, 11) is -3.48. The number of hydrogen-bond donors (Lipinski definition) is 3. The number of nitrogen functional groups attached to an aromatic ring is 1. The largest absolute Gasteiger partial charge is 0.481 e. The molecule has 0 aliphatic heterocycles. The van der Waals surface area contributed by atoms with E-state index < -0.39 is 39.1 Å². The van der Waals surface area contributed by atoms with E-state index in [-0.39, 0.29) is 57.7 Å². The molecule has 8 aromatic rings. The Bertz CT molecular complexity index is 3190.